The van der Waals surface area contributed by atoms with E-state index < -0.39 is 11.1 Å². The van der Waals surface area contributed by atoms with Gasteiger partial charge in [-0.15, -0.1) is 5.10 Å². The van der Waals surface area contributed by atoms with E-state index in [2.05, 4.69) is 20.8 Å². The van der Waals surface area contributed by atoms with Gasteiger partial charge in [0.05, 0.1) is 16.2 Å². The van der Waals surface area contributed by atoms with Crippen molar-refractivity contribution in [2.24, 2.45) is 0 Å². The fourth-order valence-electron chi connectivity index (χ4n) is 2.92. The van der Waals surface area contributed by atoms with Crippen LogP contribution in [0.3, 0.4) is 0 Å². The summed E-state index contributed by atoms with van der Waals surface area (Å²) in [4.78, 5) is 38.7. The highest BCUT2D eigenvalue weighted by molar-refractivity contribution is 8.18. The number of carbonyl (C=O) groups is 3. The van der Waals surface area contributed by atoms with Crippen molar-refractivity contribution < 1.29 is 18.8 Å². The minimum Gasteiger partial charge on any atom is -0.350 e. The van der Waals surface area contributed by atoms with Crippen LogP contribution < -0.4 is 5.32 Å². The van der Waals surface area contributed by atoms with Gasteiger partial charge >= 0.3 is 0 Å². The van der Waals surface area contributed by atoms with Gasteiger partial charge in [-0.1, -0.05) is 24.3 Å². The largest absolute Gasteiger partial charge is 0.350 e. The zero-order chi connectivity index (χ0) is 21.8. The van der Waals surface area contributed by atoms with E-state index in [1.54, 1.807) is 24.3 Å². The van der Waals surface area contributed by atoms with Crippen LogP contribution in [0, 0.1) is 5.82 Å². The van der Waals surface area contributed by atoms with Gasteiger partial charge in [-0.05, 0) is 58.1 Å². The molecule has 0 saturated carbocycles. The van der Waals surface area contributed by atoms with E-state index in [0.717, 1.165) is 16.7 Å². The van der Waals surface area contributed by atoms with Crippen molar-refractivity contribution in [1.29, 1.82) is 0 Å². The molecule has 1 aliphatic heterocycles. The zero-order valence-electron chi connectivity index (χ0n) is 15.9. The fraction of sp³-hybridized carbons (Fsp3) is 0.100. The summed E-state index contributed by atoms with van der Waals surface area (Å²) >= 11 is 0.803. The Hall–Kier alpha value is -3.86. The van der Waals surface area contributed by atoms with Gasteiger partial charge in [-0.3, -0.25) is 19.3 Å². The Morgan fingerprint density at radius 1 is 1.13 bits per heavy atom. The third kappa shape index (κ3) is 4.51. The lowest BCUT2D eigenvalue weighted by molar-refractivity contribution is -0.122. The van der Waals surface area contributed by atoms with E-state index in [9.17, 15) is 18.8 Å². The average Bonchev–Trinajstić information content (AvgIpc) is 3.40. The molecule has 31 heavy (non-hydrogen) atoms. The van der Waals surface area contributed by atoms with E-state index in [1.807, 2.05) is 0 Å². The number of amides is 3. The van der Waals surface area contributed by atoms with Crippen LogP contribution in [0.25, 0.3) is 11.8 Å². The summed E-state index contributed by atoms with van der Waals surface area (Å²) in [6, 6.07) is 12.4. The number of imide groups is 1. The number of halogens is 1. The summed E-state index contributed by atoms with van der Waals surface area (Å²) in [5, 5.41) is 13.2. The van der Waals surface area contributed by atoms with Crippen molar-refractivity contribution in [1.82, 2.24) is 30.4 Å². The van der Waals surface area contributed by atoms with E-state index >= 15 is 0 Å². The molecule has 1 aliphatic rings. The minimum absolute atomic E-state index is 0.0181. The topological polar surface area (TPSA) is 110 Å². The number of carbonyl (C=O) groups excluding carboxylic acids is 3. The smallest absolute Gasteiger partial charge is 0.293 e. The second kappa shape index (κ2) is 8.88. The Morgan fingerprint density at radius 2 is 1.90 bits per heavy atom. The van der Waals surface area contributed by atoms with Gasteiger partial charge in [-0.2, -0.15) is 4.68 Å². The number of nitrogens with zero attached hydrogens (tertiary/aromatic N) is 5. The van der Waals surface area contributed by atoms with E-state index in [1.165, 1.54) is 41.4 Å². The molecular formula is C20H15FN6O3S. The Morgan fingerprint density at radius 3 is 2.65 bits per heavy atom. The first-order valence-electron chi connectivity index (χ1n) is 9.14. The lowest BCUT2D eigenvalue weighted by Gasteiger charge is -2.14. The maximum absolute atomic E-state index is 13.0. The summed E-state index contributed by atoms with van der Waals surface area (Å²) in [6.45, 7) is 0.0921. The molecule has 0 bridgehead atoms. The number of rotatable bonds is 6. The first-order chi connectivity index (χ1) is 15.0. The molecule has 4 rings (SSSR count). The molecule has 1 fully saturated rings. The molecular weight excluding hydrogens is 423 g/mol. The molecule has 1 saturated heterocycles. The maximum Gasteiger partial charge on any atom is 0.293 e. The molecule has 1 aromatic heterocycles. The van der Waals surface area contributed by atoms with E-state index in [-0.39, 0.29) is 29.7 Å². The van der Waals surface area contributed by atoms with Crippen molar-refractivity contribution in [3.8, 4) is 5.69 Å². The van der Waals surface area contributed by atoms with Gasteiger partial charge in [0.15, 0.2) is 0 Å². The first kappa shape index (κ1) is 20.4. The highest BCUT2D eigenvalue weighted by Gasteiger charge is 2.34. The SMILES string of the molecule is O=C(NCCN1C(=O)SC(=Cc2ccc(F)cc2)C1=O)c1ccccc1-n1cnnn1. The number of thioether (sulfide) groups is 1. The number of nitrogens with one attached hydrogen (secondary N) is 1. The molecule has 2 aromatic carbocycles. The van der Waals surface area contributed by atoms with Gasteiger partial charge < -0.3 is 5.32 Å². The van der Waals surface area contributed by atoms with E-state index in [0.29, 0.717) is 16.8 Å². The summed E-state index contributed by atoms with van der Waals surface area (Å²) in [5.41, 5.74) is 1.46. The molecule has 0 radical (unpaired) electrons. The molecule has 156 valence electrons. The first-order valence-corrected chi connectivity index (χ1v) is 9.96. The summed E-state index contributed by atoms with van der Waals surface area (Å²) in [7, 11) is 0. The van der Waals surface area contributed by atoms with Gasteiger partial charge in [0, 0.05) is 13.1 Å². The average molecular weight is 438 g/mol. The predicted octanol–water partition coefficient (Wildman–Crippen LogP) is 2.27. The van der Waals surface area contributed by atoms with Crippen molar-refractivity contribution >= 4 is 34.9 Å². The Bertz CT molecular complexity index is 1160. The number of hydrogen-bond acceptors (Lipinski definition) is 7. The molecule has 3 aromatic rings. The van der Waals surface area contributed by atoms with Crippen molar-refractivity contribution in [2.75, 3.05) is 13.1 Å². The fourth-order valence-corrected chi connectivity index (χ4v) is 3.78. The highest BCUT2D eigenvalue weighted by Crippen LogP contribution is 2.31. The standard InChI is InChI=1S/C20H15FN6O3S/c21-14-7-5-13(6-8-14)11-17-19(29)26(20(30)31-17)10-9-22-18(28)15-3-1-2-4-16(15)27-12-23-24-25-27/h1-8,11-12H,9-10H2,(H,22,28). The van der Waals surface area contributed by atoms with Crippen molar-refractivity contribution in [2.45, 2.75) is 0 Å². The molecule has 11 heteroatoms. The molecule has 0 unspecified atom stereocenters. The van der Waals surface area contributed by atoms with Crippen molar-refractivity contribution in [3.63, 3.8) is 0 Å². The third-order valence-electron chi connectivity index (χ3n) is 4.41. The molecule has 0 aliphatic carbocycles. The van der Waals surface area contributed by atoms with Crippen LogP contribution in [-0.4, -0.2) is 55.3 Å². The lowest BCUT2D eigenvalue weighted by atomic mass is 10.1. The van der Waals surface area contributed by atoms with Gasteiger partial charge in [0.1, 0.15) is 12.1 Å². The molecule has 9 nitrogen and oxygen atoms in total. The quantitative estimate of drug-likeness (QED) is 0.588. The normalized spacial score (nSPS) is 15.0. The van der Waals surface area contributed by atoms with Crippen molar-refractivity contribution in [3.05, 3.63) is 76.7 Å². The molecule has 0 atom stereocenters. The highest BCUT2D eigenvalue weighted by atomic mass is 32.2. The lowest BCUT2D eigenvalue weighted by Crippen LogP contribution is -2.37. The molecule has 3 amide bonds. The summed E-state index contributed by atoms with van der Waals surface area (Å²) < 4.78 is 14.4. The number of tetrazole rings is 1. The van der Waals surface area contributed by atoms with Crippen LogP contribution >= 0.6 is 11.8 Å². The van der Waals surface area contributed by atoms with Crippen LogP contribution in [0.2, 0.25) is 0 Å². The second-order valence-corrected chi connectivity index (χ2v) is 7.41. The van der Waals surface area contributed by atoms with Crippen LogP contribution in [0.4, 0.5) is 9.18 Å². The third-order valence-corrected chi connectivity index (χ3v) is 5.31. The number of para-hydroxylation sites is 1. The number of benzene rings is 2. The molecule has 0 spiro atoms. The van der Waals surface area contributed by atoms with Crippen LogP contribution in [0.15, 0.2) is 59.8 Å². The van der Waals surface area contributed by atoms with Gasteiger partial charge in [-0.25, -0.2) is 4.39 Å². The zero-order valence-corrected chi connectivity index (χ0v) is 16.8. The van der Waals surface area contributed by atoms with Crippen LogP contribution in [-0.2, 0) is 4.79 Å². The van der Waals surface area contributed by atoms with Crippen LogP contribution in [0.5, 0.6) is 0 Å². The minimum atomic E-state index is -0.456. The summed E-state index contributed by atoms with van der Waals surface area (Å²) in [5.74, 6) is -1.23. The van der Waals surface area contributed by atoms with Crippen LogP contribution in [0.1, 0.15) is 15.9 Å². The second-order valence-electron chi connectivity index (χ2n) is 6.41. The van der Waals surface area contributed by atoms with Gasteiger partial charge in [0.25, 0.3) is 17.1 Å². The predicted molar refractivity (Wildman–Crippen MR) is 111 cm³/mol. The Labute approximate surface area is 179 Å². The summed E-state index contributed by atoms with van der Waals surface area (Å²) in [6.07, 6.45) is 2.91. The molecule has 1 N–H and O–H groups in total. The van der Waals surface area contributed by atoms with Gasteiger partial charge in [0.2, 0.25) is 0 Å². The Kier molecular flexibility index (Phi) is 5.85. The Balaban J connectivity index is 1.39. The monoisotopic (exact) mass is 438 g/mol. The number of hydrogen-bond donors (Lipinski definition) is 1. The molecule has 2 heterocycles. The number of aromatic nitrogens is 4. The van der Waals surface area contributed by atoms with E-state index in [4.69, 9.17) is 0 Å². The maximum atomic E-state index is 13.0.